The molecule has 0 aromatic heterocycles. The molecule has 0 saturated carbocycles. The first-order chi connectivity index (χ1) is 8.77. The molecule has 4 nitrogen and oxygen atoms in total. The first kappa shape index (κ1) is 13.4. The van der Waals surface area contributed by atoms with E-state index in [2.05, 4.69) is 11.5 Å². The summed E-state index contributed by atoms with van der Waals surface area (Å²) in [5.41, 5.74) is 4.51. The summed E-state index contributed by atoms with van der Waals surface area (Å²) in [6, 6.07) is 0. The Morgan fingerprint density at radius 3 is 2.67 bits per heavy atom. The Bertz CT molecular complexity index is 320. The SMILES string of the molecule is CCOC(=O)N[N+]1(C2=CCCCC2)CCCCC1. The molecular weight excluding hydrogens is 228 g/mol. The molecule has 102 valence electrons. The normalized spacial score (nSPS) is 23.1. The van der Waals surface area contributed by atoms with Gasteiger partial charge in [0, 0.05) is 6.42 Å². The first-order valence-electron chi connectivity index (χ1n) is 7.28. The number of nitrogens with zero attached hydrogens (tertiary/aromatic N) is 1. The van der Waals surface area contributed by atoms with Crippen molar-refractivity contribution in [3.05, 3.63) is 11.8 Å². The summed E-state index contributed by atoms with van der Waals surface area (Å²) in [5.74, 6) is 0. The quantitative estimate of drug-likeness (QED) is 0.785. The van der Waals surface area contributed by atoms with Gasteiger partial charge in [0.2, 0.25) is 0 Å². The summed E-state index contributed by atoms with van der Waals surface area (Å²) in [7, 11) is 0. The minimum atomic E-state index is -0.272. The third kappa shape index (κ3) is 3.05. The molecule has 18 heavy (non-hydrogen) atoms. The van der Waals surface area contributed by atoms with E-state index < -0.39 is 0 Å². The van der Waals surface area contributed by atoms with Gasteiger partial charge in [-0.25, -0.2) is 4.79 Å². The van der Waals surface area contributed by atoms with E-state index in [9.17, 15) is 4.79 Å². The number of piperidine rings is 1. The van der Waals surface area contributed by atoms with Crippen LogP contribution in [-0.2, 0) is 4.74 Å². The number of carbonyl (C=O) groups is 1. The zero-order valence-corrected chi connectivity index (χ0v) is 11.4. The minimum Gasteiger partial charge on any atom is -0.447 e. The van der Waals surface area contributed by atoms with Crippen LogP contribution in [0.25, 0.3) is 0 Å². The van der Waals surface area contributed by atoms with Gasteiger partial charge in [-0.2, -0.15) is 10.0 Å². The summed E-state index contributed by atoms with van der Waals surface area (Å²) in [6.45, 7) is 4.32. The van der Waals surface area contributed by atoms with Crippen LogP contribution in [0.5, 0.6) is 0 Å². The smallest absolute Gasteiger partial charge is 0.447 e. The van der Waals surface area contributed by atoms with Crippen LogP contribution >= 0.6 is 0 Å². The van der Waals surface area contributed by atoms with Gasteiger partial charge in [0.25, 0.3) is 0 Å². The molecule has 0 spiro atoms. The Morgan fingerprint density at radius 1 is 1.28 bits per heavy atom. The molecule has 0 aromatic carbocycles. The molecule has 1 amide bonds. The third-order valence-corrected chi connectivity index (χ3v) is 3.98. The second-order valence-corrected chi connectivity index (χ2v) is 5.25. The van der Waals surface area contributed by atoms with E-state index in [1.807, 2.05) is 6.92 Å². The number of likely N-dealkylation sites (tertiary alicyclic amines) is 1. The second-order valence-electron chi connectivity index (χ2n) is 5.25. The van der Waals surface area contributed by atoms with Crippen molar-refractivity contribution in [1.29, 1.82) is 0 Å². The number of amides is 1. The molecule has 2 rings (SSSR count). The molecule has 2 aliphatic rings. The maximum Gasteiger partial charge on any atom is 0.452 e. The summed E-state index contributed by atoms with van der Waals surface area (Å²) >= 11 is 0. The molecule has 4 heteroatoms. The van der Waals surface area contributed by atoms with Gasteiger partial charge in [-0.1, -0.05) is 0 Å². The van der Waals surface area contributed by atoms with Gasteiger partial charge in [-0.15, -0.1) is 0 Å². The Labute approximate surface area is 110 Å². The van der Waals surface area contributed by atoms with Crippen LogP contribution in [0.1, 0.15) is 51.9 Å². The molecule has 1 heterocycles. The molecule has 1 N–H and O–H groups in total. The number of rotatable bonds is 3. The fourth-order valence-corrected chi connectivity index (χ4v) is 3.07. The molecule has 0 unspecified atom stereocenters. The van der Waals surface area contributed by atoms with Crippen LogP contribution in [-0.4, -0.2) is 30.4 Å². The number of carbonyl (C=O) groups excluding carboxylic acids is 1. The number of allylic oxidation sites excluding steroid dienone is 2. The largest absolute Gasteiger partial charge is 0.452 e. The number of quaternary nitrogens is 1. The van der Waals surface area contributed by atoms with Gasteiger partial charge in [0.05, 0.1) is 6.61 Å². The van der Waals surface area contributed by atoms with Crippen molar-refractivity contribution < 1.29 is 14.1 Å². The van der Waals surface area contributed by atoms with Crippen molar-refractivity contribution >= 4 is 6.09 Å². The molecule has 1 fully saturated rings. The Kier molecular flexibility index (Phi) is 4.64. The fourth-order valence-electron chi connectivity index (χ4n) is 3.07. The van der Waals surface area contributed by atoms with Crippen molar-refractivity contribution in [2.45, 2.75) is 51.9 Å². The first-order valence-corrected chi connectivity index (χ1v) is 7.28. The lowest BCUT2D eigenvalue weighted by Gasteiger charge is -2.41. The topological polar surface area (TPSA) is 38.3 Å². The zero-order chi connectivity index (χ0) is 12.8. The molecule has 0 aromatic rings. The van der Waals surface area contributed by atoms with Crippen molar-refractivity contribution in [2.24, 2.45) is 0 Å². The van der Waals surface area contributed by atoms with E-state index in [1.54, 1.807) is 0 Å². The van der Waals surface area contributed by atoms with Crippen molar-refractivity contribution in [1.82, 2.24) is 5.43 Å². The molecule has 0 bridgehead atoms. The van der Waals surface area contributed by atoms with E-state index in [0.717, 1.165) is 25.9 Å². The number of hydrogen-bond donors (Lipinski definition) is 1. The highest BCUT2D eigenvalue weighted by molar-refractivity contribution is 5.65. The highest BCUT2D eigenvalue weighted by Gasteiger charge is 2.37. The fraction of sp³-hybridized carbons (Fsp3) is 0.786. The van der Waals surface area contributed by atoms with Gasteiger partial charge < -0.3 is 4.74 Å². The monoisotopic (exact) mass is 253 g/mol. The van der Waals surface area contributed by atoms with E-state index in [4.69, 9.17) is 4.74 Å². The number of nitrogens with one attached hydrogen (secondary N) is 1. The molecular formula is C14H25N2O2+. The maximum absolute atomic E-state index is 11.8. The van der Waals surface area contributed by atoms with Gasteiger partial charge in [-0.3, -0.25) is 0 Å². The summed E-state index contributed by atoms with van der Waals surface area (Å²) in [4.78, 5) is 11.8. The zero-order valence-electron chi connectivity index (χ0n) is 11.4. The average Bonchev–Trinajstić information content (AvgIpc) is 2.41. The van der Waals surface area contributed by atoms with Crippen molar-refractivity contribution in [2.75, 3.05) is 19.7 Å². The standard InChI is InChI=1S/C14H24N2O2/c1-2-18-14(17)15-16(11-7-4-8-12-16)13-9-5-3-6-10-13/h9H,2-8,10-12H2,1H3/p+1. The van der Waals surface area contributed by atoms with E-state index in [-0.39, 0.29) is 6.09 Å². The van der Waals surface area contributed by atoms with E-state index in [1.165, 1.54) is 37.8 Å². The third-order valence-electron chi connectivity index (χ3n) is 3.98. The molecule has 1 aliphatic carbocycles. The van der Waals surface area contributed by atoms with E-state index >= 15 is 0 Å². The van der Waals surface area contributed by atoms with Crippen LogP contribution < -0.4 is 5.43 Å². The Balaban J connectivity index is 2.11. The Hall–Kier alpha value is -1.03. The van der Waals surface area contributed by atoms with Crippen molar-refractivity contribution in [3.8, 4) is 0 Å². The number of hydrogen-bond acceptors (Lipinski definition) is 2. The second kappa shape index (κ2) is 6.23. The molecule has 0 atom stereocenters. The molecule has 1 aliphatic heterocycles. The summed E-state index contributed by atoms with van der Waals surface area (Å²) in [5, 5.41) is 0. The van der Waals surface area contributed by atoms with Crippen LogP contribution in [0.15, 0.2) is 11.8 Å². The minimum absolute atomic E-state index is 0.272. The Morgan fingerprint density at radius 2 is 2.06 bits per heavy atom. The highest BCUT2D eigenvalue weighted by atomic mass is 16.6. The van der Waals surface area contributed by atoms with Crippen LogP contribution in [0.4, 0.5) is 4.79 Å². The predicted octanol–water partition coefficient (Wildman–Crippen LogP) is 3.11. The lowest BCUT2D eigenvalue weighted by Crippen LogP contribution is -2.61. The summed E-state index contributed by atoms with van der Waals surface area (Å²) < 4.78 is 5.72. The maximum atomic E-state index is 11.8. The lowest BCUT2D eigenvalue weighted by atomic mass is 10.0. The number of ether oxygens (including phenoxy) is 1. The average molecular weight is 253 g/mol. The van der Waals surface area contributed by atoms with Gasteiger partial charge in [0.1, 0.15) is 18.8 Å². The van der Waals surface area contributed by atoms with Gasteiger partial charge >= 0.3 is 6.09 Å². The molecule has 0 radical (unpaired) electrons. The van der Waals surface area contributed by atoms with Crippen molar-refractivity contribution in [3.63, 3.8) is 0 Å². The van der Waals surface area contributed by atoms with Crippen LogP contribution in [0.3, 0.4) is 0 Å². The molecule has 1 saturated heterocycles. The summed E-state index contributed by atoms with van der Waals surface area (Å²) in [6.07, 6.45) is 10.5. The predicted molar refractivity (Wildman–Crippen MR) is 70.6 cm³/mol. The van der Waals surface area contributed by atoms with Gasteiger partial charge in [0.15, 0.2) is 0 Å². The van der Waals surface area contributed by atoms with Crippen LogP contribution in [0.2, 0.25) is 0 Å². The van der Waals surface area contributed by atoms with Crippen LogP contribution in [0, 0.1) is 0 Å². The van der Waals surface area contributed by atoms with Gasteiger partial charge in [-0.05, 0) is 51.5 Å². The van der Waals surface area contributed by atoms with E-state index in [0.29, 0.717) is 11.2 Å². The lowest BCUT2D eigenvalue weighted by molar-refractivity contribution is -0.932. The highest BCUT2D eigenvalue weighted by Crippen LogP contribution is 2.30.